The maximum Gasteiger partial charge on any atom is 0.236 e. The van der Waals surface area contributed by atoms with Crippen LogP contribution in [-0.2, 0) is 46.0 Å². The van der Waals surface area contributed by atoms with Crippen LogP contribution in [0.3, 0.4) is 0 Å². The van der Waals surface area contributed by atoms with Crippen LogP contribution in [0.2, 0.25) is 0 Å². The van der Waals surface area contributed by atoms with Crippen molar-refractivity contribution in [1.29, 1.82) is 0 Å². The molecule has 47 heavy (non-hydrogen) atoms. The maximum absolute atomic E-state index is 7.11. The van der Waals surface area contributed by atoms with E-state index in [9.17, 15) is 0 Å². The summed E-state index contributed by atoms with van der Waals surface area (Å²) in [6, 6.07) is 40.6. The van der Waals surface area contributed by atoms with E-state index >= 15 is 0 Å². The number of hydrogen-bond donors (Lipinski definition) is 0. The zero-order valence-corrected chi connectivity index (χ0v) is 27.3. The fourth-order valence-corrected chi connectivity index (χ4v) is 7.79. The number of hydrogen-bond acceptors (Lipinski definition) is 4. The van der Waals surface area contributed by atoms with E-state index < -0.39 is 11.9 Å². The largest absolute Gasteiger partial charge is 0.461 e. The molecule has 0 amide bonds. The highest BCUT2D eigenvalue weighted by atomic mass is 17.2. The van der Waals surface area contributed by atoms with Crippen molar-refractivity contribution < 1.29 is 19.2 Å². The van der Waals surface area contributed by atoms with Gasteiger partial charge in [-0.2, -0.15) is 0 Å². The van der Waals surface area contributed by atoms with Gasteiger partial charge in [0, 0.05) is 11.5 Å². The van der Waals surface area contributed by atoms with Crippen molar-refractivity contribution in [3.63, 3.8) is 0 Å². The highest BCUT2D eigenvalue weighted by molar-refractivity contribution is 5.64. The smallest absolute Gasteiger partial charge is 0.236 e. The normalized spacial score (nSPS) is 21.2. The van der Waals surface area contributed by atoms with Crippen LogP contribution < -0.4 is 4.74 Å². The zero-order chi connectivity index (χ0) is 31.8. The lowest BCUT2D eigenvalue weighted by Gasteiger charge is -2.38. The Morgan fingerprint density at radius 3 is 2.26 bits per heavy atom. The van der Waals surface area contributed by atoms with Gasteiger partial charge in [0.05, 0.1) is 6.10 Å². The van der Waals surface area contributed by atoms with Gasteiger partial charge in [0.25, 0.3) is 0 Å². The van der Waals surface area contributed by atoms with Crippen LogP contribution in [0.1, 0.15) is 76.6 Å². The van der Waals surface area contributed by atoms with E-state index in [4.69, 9.17) is 19.2 Å². The molecule has 0 saturated carbocycles. The van der Waals surface area contributed by atoms with Crippen molar-refractivity contribution in [3.05, 3.63) is 160 Å². The van der Waals surface area contributed by atoms with Gasteiger partial charge in [0.15, 0.2) is 5.60 Å². The van der Waals surface area contributed by atoms with Crippen LogP contribution >= 0.6 is 0 Å². The number of ether oxygens (including phenoxy) is 2. The molecule has 0 fully saturated rings. The molecule has 4 nitrogen and oxygen atoms in total. The molecule has 2 unspecified atom stereocenters. The van der Waals surface area contributed by atoms with E-state index in [-0.39, 0.29) is 12.0 Å². The van der Waals surface area contributed by atoms with E-state index in [0.29, 0.717) is 6.61 Å². The first-order valence-electron chi connectivity index (χ1n) is 17.1. The molecule has 0 aromatic heterocycles. The Hall–Kier alpha value is -4.22. The summed E-state index contributed by atoms with van der Waals surface area (Å²) in [7, 11) is 0. The summed E-state index contributed by atoms with van der Waals surface area (Å²) >= 11 is 0. The Morgan fingerprint density at radius 2 is 1.45 bits per heavy atom. The SMILES string of the molecule is Cc1ccc(-c2ccc(COOC(C)(c3ccccc3)C3Oc4ccc5c(c4[C@H]4c6ccccc6CC[C@H]4O3)CCCC5)cc2)cc1. The molecular weight excluding hydrogens is 580 g/mol. The predicted molar refractivity (Wildman–Crippen MR) is 185 cm³/mol. The summed E-state index contributed by atoms with van der Waals surface area (Å²) in [4.78, 5) is 12.6. The quantitative estimate of drug-likeness (QED) is 0.134. The van der Waals surface area contributed by atoms with E-state index in [2.05, 4.69) is 104 Å². The highest BCUT2D eigenvalue weighted by Gasteiger charge is 2.48. The van der Waals surface area contributed by atoms with Crippen molar-refractivity contribution in [1.82, 2.24) is 0 Å². The van der Waals surface area contributed by atoms with Crippen molar-refractivity contribution in [3.8, 4) is 16.9 Å². The van der Waals surface area contributed by atoms with Gasteiger partial charge in [-0.1, -0.05) is 115 Å². The van der Waals surface area contributed by atoms with Crippen LogP contribution in [0.15, 0.2) is 115 Å². The van der Waals surface area contributed by atoms with Crippen LogP contribution in [0.5, 0.6) is 5.75 Å². The fraction of sp³-hybridized carbons (Fsp3) is 0.302. The van der Waals surface area contributed by atoms with Crippen molar-refractivity contribution in [2.24, 2.45) is 0 Å². The lowest BCUT2D eigenvalue weighted by molar-refractivity contribution is -0.409. The molecule has 0 saturated heterocycles. The summed E-state index contributed by atoms with van der Waals surface area (Å²) in [5.41, 5.74) is 11.6. The average molecular weight is 623 g/mol. The van der Waals surface area contributed by atoms with E-state index in [1.54, 1.807) is 0 Å². The zero-order valence-electron chi connectivity index (χ0n) is 27.3. The van der Waals surface area contributed by atoms with Gasteiger partial charge in [-0.25, -0.2) is 9.78 Å². The predicted octanol–water partition coefficient (Wildman–Crippen LogP) is 9.79. The molecular formula is C43H42O4. The molecule has 1 aliphatic heterocycles. The molecule has 4 atom stereocenters. The van der Waals surface area contributed by atoms with Crippen molar-refractivity contribution in [2.75, 3.05) is 0 Å². The molecule has 238 valence electrons. The lowest BCUT2D eigenvalue weighted by atomic mass is 9.73. The lowest BCUT2D eigenvalue weighted by Crippen LogP contribution is -2.47. The first kappa shape index (κ1) is 30.1. The Balaban J connectivity index is 1.11. The molecule has 0 bridgehead atoms. The minimum atomic E-state index is -1.04. The molecule has 3 aliphatic rings. The molecule has 5 aromatic rings. The van der Waals surface area contributed by atoms with E-state index in [0.717, 1.165) is 42.6 Å². The molecule has 5 aromatic carbocycles. The van der Waals surface area contributed by atoms with Crippen molar-refractivity contribution >= 4 is 0 Å². The third kappa shape index (κ3) is 5.80. The molecule has 0 N–H and O–H groups in total. The van der Waals surface area contributed by atoms with Crippen molar-refractivity contribution in [2.45, 2.75) is 82.9 Å². The van der Waals surface area contributed by atoms with Crippen LogP contribution in [0.25, 0.3) is 11.1 Å². The summed E-state index contributed by atoms with van der Waals surface area (Å²) in [5.74, 6) is 1.01. The van der Waals surface area contributed by atoms with Gasteiger partial charge in [-0.15, -0.1) is 0 Å². The van der Waals surface area contributed by atoms with E-state index in [1.165, 1.54) is 57.3 Å². The second-order valence-electron chi connectivity index (χ2n) is 13.5. The first-order valence-corrected chi connectivity index (χ1v) is 17.1. The van der Waals surface area contributed by atoms with Gasteiger partial charge in [0.2, 0.25) is 6.29 Å². The highest BCUT2D eigenvalue weighted by Crippen LogP contribution is 2.50. The number of fused-ring (bicyclic) bond motifs is 7. The number of rotatable bonds is 7. The second kappa shape index (κ2) is 12.8. The van der Waals surface area contributed by atoms with E-state index in [1.807, 2.05) is 25.1 Å². The first-order chi connectivity index (χ1) is 23.1. The Labute approximate surface area is 278 Å². The Morgan fingerprint density at radius 1 is 0.723 bits per heavy atom. The Bertz CT molecular complexity index is 1850. The summed E-state index contributed by atoms with van der Waals surface area (Å²) < 4.78 is 14.1. The summed E-state index contributed by atoms with van der Waals surface area (Å²) in [5, 5.41) is 0. The van der Waals surface area contributed by atoms with Gasteiger partial charge in [-0.05, 0) is 103 Å². The summed E-state index contributed by atoms with van der Waals surface area (Å²) in [6.45, 7) is 4.44. The molecule has 8 rings (SSSR count). The van der Waals surface area contributed by atoms with Crippen LogP contribution in [-0.4, -0.2) is 12.4 Å². The van der Waals surface area contributed by atoms with Gasteiger partial charge in [-0.3, -0.25) is 0 Å². The molecule has 0 radical (unpaired) electrons. The van der Waals surface area contributed by atoms with Gasteiger partial charge in [0.1, 0.15) is 12.4 Å². The third-order valence-electron chi connectivity index (χ3n) is 10.4. The second-order valence-corrected chi connectivity index (χ2v) is 13.5. The maximum atomic E-state index is 7.11. The van der Waals surface area contributed by atoms with Crippen LogP contribution in [0.4, 0.5) is 0 Å². The fourth-order valence-electron chi connectivity index (χ4n) is 7.79. The molecule has 2 aliphatic carbocycles. The number of benzene rings is 5. The number of aryl methyl sites for hydroxylation is 3. The van der Waals surface area contributed by atoms with Gasteiger partial charge < -0.3 is 9.47 Å². The third-order valence-corrected chi connectivity index (χ3v) is 10.4. The summed E-state index contributed by atoms with van der Waals surface area (Å²) in [6.07, 6.45) is 5.77. The molecule has 1 heterocycles. The minimum absolute atomic E-state index is 0.0504. The topological polar surface area (TPSA) is 36.9 Å². The Kier molecular flexibility index (Phi) is 8.18. The monoisotopic (exact) mass is 622 g/mol. The molecule has 4 heteroatoms. The minimum Gasteiger partial charge on any atom is -0.461 e. The van der Waals surface area contributed by atoms with Gasteiger partial charge >= 0.3 is 0 Å². The van der Waals surface area contributed by atoms with Crippen LogP contribution in [0, 0.1) is 6.92 Å². The molecule has 0 spiro atoms. The standard InChI is InChI=1S/C43H42O4/c1-29-16-20-31(21-17-29)32-22-18-30(19-23-32)28-44-47-43(2,35-12-4-3-5-13-35)42-45-38-26-24-33-10-6-8-14-36(33)40(38)41-37-15-9-7-11-34(37)25-27-39(41)46-42/h3-6,8,10,12-14,16-23,25,27,38,40,42H,7,9,11,15,24,26,28H2,1-2H3/t38-,40+,42?,43?/m1/s1. The average Bonchev–Trinajstić information content (AvgIpc) is 3.30.